The second kappa shape index (κ2) is 4.44. The van der Waals surface area contributed by atoms with E-state index in [0.29, 0.717) is 16.3 Å². The van der Waals surface area contributed by atoms with Crippen molar-refractivity contribution in [2.45, 2.75) is 0 Å². The molecule has 1 aromatic carbocycles. The van der Waals surface area contributed by atoms with Gasteiger partial charge in [-0.3, -0.25) is 4.79 Å². The minimum Gasteiger partial charge on any atom is -0.349 e. The smallest absolute Gasteiger partial charge is 0.282 e. The predicted octanol–water partition coefficient (Wildman–Crippen LogP) is 3.54. The van der Waals surface area contributed by atoms with Gasteiger partial charge in [-0.25, -0.2) is 0 Å². The van der Waals surface area contributed by atoms with Crippen molar-refractivity contribution in [3.05, 3.63) is 57.3 Å². The summed E-state index contributed by atoms with van der Waals surface area (Å²) in [5.74, 6) is 0. The summed E-state index contributed by atoms with van der Waals surface area (Å²) < 4.78 is 4.42. The van der Waals surface area contributed by atoms with Crippen molar-refractivity contribution in [2.75, 3.05) is 0 Å². The van der Waals surface area contributed by atoms with Crippen molar-refractivity contribution in [1.82, 2.24) is 14.3 Å². The van der Waals surface area contributed by atoms with E-state index in [1.165, 1.54) is 4.68 Å². The van der Waals surface area contributed by atoms with Crippen LogP contribution in [-0.2, 0) is 7.05 Å². The molecule has 2 aliphatic rings. The summed E-state index contributed by atoms with van der Waals surface area (Å²) >= 11 is 7.49. The van der Waals surface area contributed by atoms with E-state index in [4.69, 9.17) is 11.6 Å². The zero-order chi connectivity index (χ0) is 14.6. The molecule has 4 rings (SSSR count). The number of halogens is 1. The van der Waals surface area contributed by atoms with E-state index >= 15 is 0 Å². The molecule has 0 aliphatic carbocycles. The van der Waals surface area contributed by atoms with E-state index in [2.05, 4.69) is 5.10 Å². The Labute approximate surface area is 129 Å². The Hall–Kier alpha value is -2.11. The number of benzene rings is 1. The summed E-state index contributed by atoms with van der Waals surface area (Å²) in [6.45, 7) is 0. The number of aryl methyl sites for hydroxylation is 1. The predicted molar refractivity (Wildman–Crippen MR) is 85.8 cm³/mol. The Morgan fingerprint density at radius 3 is 2.71 bits per heavy atom. The third-order valence-electron chi connectivity index (χ3n) is 3.51. The monoisotopic (exact) mass is 315 g/mol. The number of aromatic nitrogens is 3. The van der Waals surface area contributed by atoms with Crippen LogP contribution in [-0.4, -0.2) is 14.3 Å². The van der Waals surface area contributed by atoms with Crippen LogP contribution in [0.25, 0.3) is 27.2 Å². The Kier molecular flexibility index (Phi) is 2.67. The van der Waals surface area contributed by atoms with E-state index < -0.39 is 0 Å². The molecule has 6 heteroatoms. The molecule has 0 N–H and O–H groups in total. The van der Waals surface area contributed by atoms with Gasteiger partial charge in [0.05, 0.1) is 21.5 Å². The lowest BCUT2D eigenvalue weighted by Gasteiger charge is -2.03. The fourth-order valence-corrected chi connectivity index (χ4v) is 3.53. The van der Waals surface area contributed by atoms with Gasteiger partial charge in [0.1, 0.15) is 5.69 Å². The first-order valence-electron chi connectivity index (χ1n) is 6.36. The van der Waals surface area contributed by atoms with Crippen LogP contribution in [0.4, 0.5) is 0 Å². The molecule has 21 heavy (non-hydrogen) atoms. The maximum absolute atomic E-state index is 12.6. The Bertz CT molecular complexity index is 981. The van der Waals surface area contributed by atoms with Crippen LogP contribution in [0.3, 0.4) is 0 Å². The second-order valence-electron chi connectivity index (χ2n) is 4.83. The maximum atomic E-state index is 12.6. The van der Waals surface area contributed by atoms with Crippen molar-refractivity contribution in [2.24, 2.45) is 7.05 Å². The van der Waals surface area contributed by atoms with Crippen molar-refractivity contribution in [3.8, 4) is 16.9 Å². The molecule has 2 aliphatic heterocycles. The van der Waals surface area contributed by atoms with Gasteiger partial charge >= 0.3 is 0 Å². The van der Waals surface area contributed by atoms with Crippen molar-refractivity contribution in [3.63, 3.8) is 0 Å². The highest BCUT2D eigenvalue weighted by Gasteiger charge is 2.20. The Morgan fingerprint density at radius 1 is 1.19 bits per heavy atom. The van der Waals surface area contributed by atoms with Crippen LogP contribution in [0.5, 0.6) is 0 Å². The van der Waals surface area contributed by atoms with Gasteiger partial charge in [-0.15, -0.1) is 11.3 Å². The fraction of sp³-hybridized carbons (Fsp3) is 0.0667. The second-order valence-corrected chi connectivity index (χ2v) is 6.18. The first-order chi connectivity index (χ1) is 10.1. The number of rotatable bonds is 1. The lowest BCUT2D eigenvalue weighted by molar-refractivity contribution is 0.859. The first-order valence-corrected chi connectivity index (χ1v) is 7.62. The van der Waals surface area contributed by atoms with Gasteiger partial charge in [0.2, 0.25) is 0 Å². The van der Waals surface area contributed by atoms with Crippen LogP contribution < -0.4 is 5.56 Å². The summed E-state index contributed by atoms with van der Waals surface area (Å²) in [5.41, 5.74) is 3.06. The van der Waals surface area contributed by atoms with Crippen molar-refractivity contribution in [1.29, 1.82) is 0 Å². The quantitative estimate of drug-likeness (QED) is 0.539. The van der Waals surface area contributed by atoms with Crippen molar-refractivity contribution >= 4 is 33.2 Å². The lowest BCUT2D eigenvalue weighted by Crippen LogP contribution is -2.14. The molecule has 0 spiro atoms. The highest BCUT2D eigenvalue weighted by atomic mass is 35.5. The van der Waals surface area contributed by atoms with E-state index in [1.54, 1.807) is 35.6 Å². The lowest BCUT2D eigenvalue weighted by atomic mass is 10.2. The normalized spacial score (nSPS) is 11.5. The number of hydrogen-bond donors (Lipinski definition) is 0. The zero-order valence-corrected chi connectivity index (χ0v) is 12.6. The third kappa shape index (κ3) is 1.81. The Morgan fingerprint density at radius 2 is 1.95 bits per heavy atom. The molecule has 0 amide bonds. The van der Waals surface area contributed by atoms with E-state index in [9.17, 15) is 4.79 Å². The highest BCUT2D eigenvalue weighted by molar-refractivity contribution is 7.17. The van der Waals surface area contributed by atoms with Crippen LogP contribution in [0.15, 0.2) is 46.7 Å². The zero-order valence-electron chi connectivity index (χ0n) is 11.1. The molecule has 3 heterocycles. The highest BCUT2D eigenvalue weighted by Crippen LogP contribution is 2.31. The summed E-state index contributed by atoms with van der Waals surface area (Å²) in [7, 11) is 1.94. The Balaban J connectivity index is 2.07. The maximum Gasteiger partial charge on any atom is 0.282 e. The molecule has 4 nitrogen and oxygen atoms in total. The SMILES string of the molecule is Cn1cc2c(=O)n(-c3ccc(Cl)cc3)nc-2c2sccc21. The minimum atomic E-state index is -0.113. The van der Waals surface area contributed by atoms with E-state index in [1.807, 2.05) is 29.3 Å². The molecule has 0 unspecified atom stereocenters. The van der Waals surface area contributed by atoms with Gasteiger partial charge in [0.25, 0.3) is 5.56 Å². The molecular weight excluding hydrogens is 306 g/mol. The molecule has 0 saturated heterocycles. The standard InChI is InChI=1S/C15H10ClN3OS/c1-18-8-11-13(14-12(18)6-7-21-14)17-19(15(11)20)10-4-2-9(16)3-5-10/h2-8H,1H3. The van der Waals surface area contributed by atoms with E-state index in [0.717, 1.165) is 15.9 Å². The molecule has 0 bridgehead atoms. The van der Waals surface area contributed by atoms with Gasteiger partial charge in [-0.05, 0) is 35.7 Å². The molecule has 0 saturated carbocycles. The number of thiophene rings is 1. The average Bonchev–Trinajstić information content (AvgIpc) is 3.07. The van der Waals surface area contributed by atoms with Gasteiger partial charge in [-0.2, -0.15) is 9.78 Å². The van der Waals surface area contributed by atoms with Crippen LogP contribution in [0.2, 0.25) is 5.02 Å². The molecule has 2 aromatic rings. The van der Waals surface area contributed by atoms with Crippen LogP contribution >= 0.6 is 22.9 Å². The van der Waals surface area contributed by atoms with Gasteiger partial charge < -0.3 is 4.57 Å². The van der Waals surface area contributed by atoms with Crippen LogP contribution in [0.1, 0.15) is 0 Å². The molecule has 1 aromatic heterocycles. The number of nitrogens with zero attached hydrogens (tertiary/aromatic N) is 3. The molecule has 0 radical (unpaired) electrons. The molecule has 104 valence electrons. The topological polar surface area (TPSA) is 39.8 Å². The summed E-state index contributed by atoms with van der Waals surface area (Å²) in [6.07, 6.45) is 1.84. The molecule has 0 atom stereocenters. The van der Waals surface area contributed by atoms with Gasteiger partial charge in [-0.1, -0.05) is 11.6 Å². The number of hydrogen-bond acceptors (Lipinski definition) is 3. The first kappa shape index (κ1) is 12.6. The third-order valence-corrected chi connectivity index (χ3v) is 4.67. The fourth-order valence-electron chi connectivity index (χ4n) is 2.48. The summed E-state index contributed by atoms with van der Waals surface area (Å²) in [6, 6.07) is 9.13. The summed E-state index contributed by atoms with van der Waals surface area (Å²) in [4.78, 5) is 12.6. The van der Waals surface area contributed by atoms with Gasteiger partial charge in [0.15, 0.2) is 0 Å². The van der Waals surface area contributed by atoms with Crippen LogP contribution in [0, 0.1) is 0 Å². The number of fused-ring (bicyclic) bond motifs is 3. The minimum absolute atomic E-state index is 0.113. The number of pyridine rings is 1. The molecular formula is C15H10ClN3OS. The molecule has 0 fully saturated rings. The van der Waals surface area contributed by atoms with Gasteiger partial charge in [0, 0.05) is 18.3 Å². The average molecular weight is 316 g/mol. The van der Waals surface area contributed by atoms with Crippen molar-refractivity contribution < 1.29 is 0 Å². The largest absolute Gasteiger partial charge is 0.349 e. The summed E-state index contributed by atoms with van der Waals surface area (Å²) in [5, 5.41) is 7.16. The van der Waals surface area contributed by atoms with E-state index in [-0.39, 0.29) is 5.56 Å².